The summed E-state index contributed by atoms with van der Waals surface area (Å²) in [6.07, 6.45) is 9.91. The molecule has 2 saturated carbocycles. The van der Waals surface area contributed by atoms with Crippen molar-refractivity contribution in [2.45, 2.75) is 44.7 Å². The van der Waals surface area contributed by atoms with Gasteiger partial charge in [0.15, 0.2) is 0 Å². The fraction of sp³-hybridized carbons (Fsp3) is 0.684. The third kappa shape index (κ3) is 3.14. The number of likely N-dealkylation sites (tertiary alicyclic amines) is 1. The third-order valence-electron chi connectivity index (χ3n) is 6.02. The lowest BCUT2D eigenvalue weighted by molar-refractivity contribution is -0.131. The van der Waals surface area contributed by atoms with Gasteiger partial charge in [0.25, 0.3) is 0 Å². The number of pyridine rings is 1. The van der Waals surface area contributed by atoms with E-state index >= 15 is 0 Å². The van der Waals surface area contributed by atoms with Crippen LogP contribution in [0.4, 0.5) is 0 Å². The van der Waals surface area contributed by atoms with E-state index in [9.17, 15) is 4.79 Å². The lowest BCUT2D eigenvalue weighted by Gasteiger charge is -2.39. The molecule has 1 amide bonds. The Morgan fingerprint density at radius 2 is 2.17 bits per heavy atom. The van der Waals surface area contributed by atoms with E-state index in [2.05, 4.69) is 27.9 Å². The first-order valence-electron chi connectivity index (χ1n) is 9.10. The number of carbonyl (C=O) groups excluding carboxylic acids is 1. The number of nitrogens with zero attached hydrogens (tertiary/aromatic N) is 3. The number of hydrogen-bond acceptors (Lipinski definition) is 3. The molecule has 0 unspecified atom stereocenters. The first-order valence-corrected chi connectivity index (χ1v) is 9.10. The highest BCUT2D eigenvalue weighted by atomic mass is 16.2. The van der Waals surface area contributed by atoms with E-state index in [0.29, 0.717) is 29.7 Å². The Balaban J connectivity index is 1.43. The molecular weight excluding hydrogens is 286 g/mol. The Bertz CT molecular complexity index is 557. The molecule has 124 valence electrons. The lowest BCUT2D eigenvalue weighted by atomic mass is 9.77. The third-order valence-corrected chi connectivity index (χ3v) is 6.02. The molecule has 0 bridgehead atoms. The van der Waals surface area contributed by atoms with Crippen LogP contribution < -0.4 is 0 Å². The van der Waals surface area contributed by atoms with Crippen LogP contribution in [-0.4, -0.2) is 46.9 Å². The van der Waals surface area contributed by atoms with Gasteiger partial charge >= 0.3 is 0 Å². The van der Waals surface area contributed by atoms with E-state index in [4.69, 9.17) is 0 Å². The molecule has 2 heterocycles. The minimum Gasteiger partial charge on any atom is -0.342 e. The minimum atomic E-state index is 0.363. The molecule has 3 aliphatic rings. The van der Waals surface area contributed by atoms with E-state index in [-0.39, 0.29) is 0 Å². The van der Waals surface area contributed by atoms with Gasteiger partial charge < -0.3 is 4.90 Å². The van der Waals surface area contributed by atoms with Gasteiger partial charge in [-0.1, -0.05) is 12.5 Å². The number of aromatic nitrogens is 1. The van der Waals surface area contributed by atoms with Gasteiger partial charge in [0.2, 0.25) is 5.91 Å². The fourth-order valence-corrected chi connectivity index (χ4v) is 4.65. The number of amides is 1. The van der Waals surface area contributed by atoms with Crippen LogP contribution in [0.2, 0.25) is 0 Å². The van der Waals surface area contributed by atoms with Crippen LogP contribution >= 0.6 is 0 Å². The second-order valence-corrected chi connectivity index (χ2v) is 7.72. The summed E-state index contributed by atoms with van der Waals surface area (Å²) >= 11 is 0. The molecule has 0 N–H and O–H groups in total. The number of hydrogen-bond donors (Lipinski definition) is 0. The number of rotatable bonds is 4. The van der Waals surface area contributed by atoms with Crippen molar-refractivity contribution >= 4 is 5.91 Å². The summed E-state index contributed by atoms with van der Waals surface area (Å²) in [5.41, 5.74) is 1.28. The van der Waals surface area contributed by atoms with Gasteiger partial charge in [-0.25, -0.2) is 0 Å². The van der Waals surface area contributed by atoms with Gasteiger partial charge in [-0.3, -0.25) is 14.7 Å². The maximum Gasteiger partial charge on any atom is 0.225 e. The Labute approximate surface area is 138 Å². The molecular formula is C19H27N3O. The summed E-state index contributed by atoms with van der Waals surface area (Å²) in [6, 6.07) is 4.77. The van der Waals surface area contributed by atoms with E-state index in [0.717, 1.165) is 32.5 Å². The zero-order valence-corrected chi connectivity index (χ0v) is 14.0. The van der Waals surface area contributed by atoms with Gasteiger partial charge in [-0.15, -0.1) is 0 Å². The van der Waals surface area contributed by atoms with Crippen molar-refractivity contribution in [1.29, 1.82) is 0 Å². The summed E-state index contributed by atoms with van der Waals surface area (Å²) in [7, 11) is 2.24. The van der Waals surface area contributed by atoms with Gasteiger partial charge in [-0.2, -0.15) is 0 Å². The standard InChI is InChI=1S/C19H27N3O/c1-21(11-14-4-3-9-20-10-14)18-6-2-5-16-12-22(13-17(16)18)19(23)15-7-8-15/h3-4,9-10,15-18H,2,5-8,11-13H2,1H3/t16-,17+,18-/m1/s1. The van der Waals surface area contributed by atoms with Crippen LogP contribution in [-0.2, 0) is 11.3 Å². The molecule has 23 heavy (non-hydrogen) atoms. The second kappa shape index (κ2) is 6.23. The van der Waals surface area contributed by atoms with Gasteiger partial charge in [0.1, 0.15) is 0 Å². The Morgan fingerprint density at radius 3 is 2.91 bits per heavy atom. The zero-order valence-electron chi connectivity index (χ0n) is 14.0. The van der Waals surface area contributed by atoms with Crippen LogP contribution in [0, 0.1) is 17.8 Å². The topological polar surface area (TPSA) is 36.4 Å². The van der Waals surface area contributed by atoms with Crippen molar-refractivity contribution in [2.75, 3.05) is 20.1 Å². The average Bonchev–Trinajstić information content (AvgIpc) is 3.32. The van der Waals surface area contributed by atoms with Crippen molar-refractivity contribution < 1.29 is 4.79 Å². The average molecular weight is 313 g/mol. The van der Waals surface area contributed by atoms with E-state index < -0.39 is 0 Å². The summed E-state index contributed by atoms with van der Waals surface area (Å²) in [5, 5.41) is 0. The quantitative estimate of drug-likeness (QED) is 0.857. The summed E-state index contributed by atoms with van der Waals surface area (Å²) in [5.74, 6) is 2.18. The lowest BCUT2D eigenvalue weighted by Crippen LogP contribution is -2.43. The minimum absolute atomic E-state index is 0.363. The van der Waals surface area contributed by atoms with Crippen molar-refractivity contribution in [2.24, 2.45) is 17.8 Å². The summed E-state index contributed by atoms with van der Waals surface area (Å²) < 4.78 is 0. The molecule has 1 aromatic heterocycles. The normalized spacial score (nSPS) is 30.5. The van der Waals surface area contributed by atoms with Gasteiger partial charge in [0.05, 0.1) is 0 Å². The fourth-order valence-electron chi connectivity index (χ4n) is 4.65. The number of carbonyl (C=O) groups is 1. The molecule has 4 nitrogen and oxygen atoms in total. The van der Waals surface area contributed by atoms with Crippen molar-refractivity contribution in [3.63, 3.8) is 0 Å². The molecule has 0 radical (unpaired) electrons. The Hall–Kier alpha value is -1.42. The predicted molar refractivity (Wildman–Crippen MR) is 89.6 cm³/mol. The first kappa shape index (κ1) is 15.1. The molecule has 0 spiro atoms. The summed E-state index contributed by atoms with van der Waals surface area (Å²) in [6.45, 7) is 2.96. The van der Waals surface area contributed by atoms with Gasteiger partial charge in [0, 0.05) is 44.0 Å². The highest BCUT2D eigenvalue weighted by Crippen LogP contribution is 2.41. The van der Waals surface area contributed by atoms with Crippen LogP contribution in [0.5, 0.6) is 0 Å². The molecule has 4 heteroatoms. The highest BCUT2D eigenvalue weighted by Gasteiger charge is 2.45. The van der Waals surface area contributed by atoms with Crippen LogP contribution in [0.15, 0.2) is 24.5 Å². The molecule has 0 aromatic carbocycles. The zero-order chi connectivity index (χ0) is 15.8. The Morgan fingerprint density at radius 1 is 1.30 bits per heavy atom. The van der Waals surface area contributed by atoms with Crippen molar-refractivity contribution in [1.82, 2.24) is 14.8 Å². The summed E-state index contributed by atoms with van der Waals surface area (Å²) in [4.78, 5) is 21.3. The van der Waals surface area contributed by atoms with E-state index in [1.165, 1.54) is 24.8 Å². The second-order valence-electron chi connectivity index (χ2n) is 7.72. The molecule has 1 aliphatic heterocycles. The molecule has 3 atom stereocenters. The maximum absolute atomic E-state index is 12.4. The van der Waals surface area contributed by atoms with E-state index in [1.807, 2.05) is 18.5 Å². The Kier molecular flexibility index (Phi) is 4.10. The molecule has 1 aromatic rings. The SMILES string of the molecule is CN(Cc1cccnc1)[C@@H]1CCC[C@@H]2CN(C(=O)C3CC3)C[C@@H]21. The molecule has 4 rings (SSSR count). The van der Waals surface area contributed by atoms with E-state index in [1.54, 1.807) is 0 Å². The molecule has 2 aliphatic carbocycles. The molecule has 1 saturated heterocycles. The number of fused-ring (bicyclic) bond motifs is 1. The predicted octanol–water partition coefficient (Wildman–Crippen LogP) is 2.55. The smallest absolute Gasteiger partial charge is 0.225 e. The van der Waals surface area contributed by atoms with Crippen LogP contribution in [0.25, 0.3) is 0 Å². The van der Waals surface area contributed by atoms with Gasteiger partial charge in [-0.05, 0) is 56.2 Å². The maximum atomic E-state index is 12.4. The molecule has 3 fully saturated rings. The highest BCUT2D eigenvalue weighted by molar-refractivity contribution is 5.81. The first-order chi connectivity index (χ1) is 11.2. The van der Waals surface area contributed by atoms with Crippen molar-refractivity contribution in [3.8, 4) is 0 Å². The van der Waals surface area contributed by atoms with Crippen LogP contribution in [0.3, 0.4) is 0 Å². The van der Waals surface area contributed by atoms with Crippen molar-refractivity contribution in [3.05, 3.63) is 30.1 Å². The monoisotopic (exact) mass is 313 g/mol. The van der Waals surface area contributed by atoms with Crippen LogP contribution in [0.1, 0.15) is 37.7 Å². The largest absolute Gasteiger partial charge is 0.342 e.